The number of nitrogens with zero attached hydrogens (tertiary/aromatic N) is 1. The van der Waals surface area contributed by atoms with Crippen LogP contribution in [0.4, 0.5) is 5.69 Å². The molecule has 1 aliphatic heterocycles. The van der Waals surface area contributed by atoms with Crippen molar-refractivity contribution in [2.75, 3.05) is 5.32 Å². The van der Waals surface area contributed by atoms with Crippen molar-refractivity contribution < 1.29 is 14.4 Å². The molecule has 0 unspecified atom stereocenters. The van der Waals surface area contributed by atoms with Gasteiger partial charge in [-0.25, -0.2) is 0 Å². The third kappa shape index (κ3) is 2.96. The van der Waals surface area contributed by atoms with Crippen molar-refractivity contribution in [3.63, 3.8) is 0 Å². The van der Waals surface area contributed by atoms with Crippen LogP contribution in [0.5, 0.6) is 0 Å². The lowest BCUT2D eigenvalue weighted by Crippen LogP contribution is -2.46. The summed E-state index contributed by atoms with van der Waals surface area (Å²) in [6.45, 7) is 3.53. The van der Waals surface area contributed by atoms with Crippen LogP contribution in [0, 0.1) is 18.8 Å². The first-order chi connectivity index (χ1) is 11.4. The van der Waals surface area contributed by atoms with Crippen molar-refractivity contribution in [3.05, 3.63) is 40.9 Å². The van der Waals surface area contributed by atoms with Crippen molar-refractivity contribution in [1.82, 2.24) is 4.90 Å². The van der Waals surface area contributed by atoms with E-state index in [4.69, 9.17) is 11.6 Å². The van der Waals surface area contributed by atoms with Crippen molar-refractivity contribution in [1.29, 1.82) is 0 Å². The number of hydrogen-bond acceptors (Lipinski definition) is 3. The molecule has 0 radical (unpaired) electrons. The van der Waals surface area contributed by atoms with Gasteiger partial charge in [0.25, 0.3) is 0 Å². The highest BCUT2D eigenvalue weighted by molar-refractivity contribution is 6.30. The molecule has 3 amide bonds. The minimum atomic E-state index is -0.851. The minimum Gasteiger partial charge on any atom is -0.324 e. The number of anilines is 1. The zero-order valence-electron chi connectivity index (χ0n) is 13.6. The Hall–Kier alpha value is -2.14. The number of halogens is 1. The van der Waals surface area contributed by atoms with Gasteiger partial charge < -0.3 is 5.32 Å². The molecule has 0 bridgehead atoms. The van der Waals surface area contributed by atoms with E-state index in [1.165, 1.54) is 0 Å². The van der Waals surface area contributed by atoms with E-state index in [2.05, 4.69) is 5.32 Å². The molecule has 2 aliphatic rings. The summed E-state index contributed by atoms with van der Waals surface area (Å²) in [5.74, 6) is -1.79. The summed E-state index contributed by atoms with van der Waals surface area (Å²) in [5.41, 5.74) is 1.72. The molecule has 126 valence electrons. The van der Waals surface area contributed by atoms with Crippen molar-refractivity contribution >= 4 is 35.0 Å². The molecular weight excluding hydrogens is 328 g/mol. The molecule has 1 aliphatic carbocycles. The predicted molar refractivity (Wildman–Crippen MR) is 91.3 cm³/mol. The van der Waals surface area contributed by atoms with Gasteiger partial charge in [-0.3, -0.25) is 19.3 Å². The molecule has 6 heteroatoms. The van der Waals surface area contributed by atoms with Crippen LogP contribution in [0.15, 0.2) is 35.4 Å². The molecule has 0 spiro atoms. The Kier molecular flexibility index (Phi) is 4.45. The summed E-state index contributed by atoms with van der Waals surface area (Å²) in [4.78, 5) is 38.7. The van der Waals surface area contributed by atoms with Gasteiger partial charge in [0.05, 0.1) is 11.8 Å². The topological polar surface area (TPSA) is 66.5 Å². The van der Waals surface area contributed by atoms with Gasteiger partial charge in [0.2, 0.25) is 17.7 Å². The largest absolute Gasteiger partial charge is 0.324 e. The van der Waals surface area contributed by atoms with Crippen molar-refractivity contribution in [2.45, 2.75) is 32.7 Å². The van der Waals surface area contributed by atoms with Crippen LogP contribution in [0.2, 0.25) is 0 Å². The van der Waals surface area contributed by atoms with Crippen LogP contribution in [0.25, 0.3) is 0 Å². The van der Waals surface area contributed by atoms with Gasteiger partial charge in [0.15, 0.2) is 0 Å². The Balaban J connectivity index is 1.74. The number of allylic oxidation sites excluding steroid dienone is 2. The summed E-state index contributed by atoms with van der Waals surface area (Å²) in [6, 6.07) is 6.49. The van der Waals surface area contributed by atoms with Crippen LogP contribution in [0.3, 0.4) is 0 Å². The Labute approximate surface area is 145 Å². The second-order valence-corrected chi connectivity index (χ2v) is 6.87. The maximum absolute atomic E-state index is 12.6. The number of nitrogens with one attached hydrogen (secondary N) is 1. The average molecular weight is 347 g/mol. The summed E-state index contributed by atoms with van der Waals surface area (Å²) < 4.78 is 0. The second-order valence-electron chi connectivity index (χ2n) is 6.38. The van der Waals surface area contributed by atoms with Crippen LogP contribution in [0.1, 0.15) is 25.3 Å². The number of amides is 3. The van der Waals surface area contributed by atoms with Crippen LogP contribution in [-0.2, 0) is 14.4 Å². The Morgan fingerprint density at radius 1 is 1.21 bits per heavy atom. The molecule has 3 rings (SSSR count). The van der Waals surface area contributed by atoms with E-state index in [9.17, 15) is 14.4 Å². The lowest BCUT2D eigenvalue weighted by Gasteiger charge is -2.22. The maximum atomic E-state index is 12.6. The fourth-order valence-corrected chi connectivity index (χ4v) is 3.49. The second kappa shape index (κ2) is 6.40. The summed E-state index contributed by atoms with van der Waals surface area (Å²) in [6.07, 6.45) is 2.62. The molecule has 0 saturated carbocycles. The molecule has 1 saturated heterocycles. The number of hydrogen-bond donors (Lipinski definition) is 1. The fourth-order valence-electron chi connectivity index (χ4n) is 3.24. The van der Waals surface area contributed by atoms with Crippen molar-refractivity contribution in [2.24, 2.45) is 11.8 Å². The molecule has 5 nitrogen and oxygen atoms in total. The first-order valence-electron chi connectivity index (χ1n) is 7.97. The van der Waals surface area contributed by atoms with E-state index in [0.29, 0.717) is 23.6 Å². The highest BCUT2D eigenvalue weighted by Crippen LogP contribution is 2.39. The van der Waals surface area contributed by atoms with E-state index in [1.54, 1.807) is 25.1 Å². The lowest BCUT2D eigenvalue weighted by atomic mass is 9.85. The SMILES string of the molecule is Cc1ccc(NC(=O)[C@@H](C)N2C(=O)[C@H]3CC(Cl)=CC[C@H]3C2=O)cc1. The lowest BCUT2D eigenvalue weighted by molar-refractivity contribution is -0.146. The normalized spacial score (nSPS) is 24.5. The molecule has 1 N–H and O–H groups in total. The number of carbonyl (C=O) groups excluding carboxylic acids is 3. The number of rotatable bonds is 3. The van der Waals surface area contributed by atoms with E-state index >= 15 is 0 Å². The van der Waals surface area contributed by atoms with Gasteiger partial charge in [-0.1, -0.05) is 35.4 Å². The van der Waals surface area contributed by atoms with Crippen LogP contribution < -0.4 is 5.32 Å². The number of aryl methyl sites for hydroxylation is 1. The van der Waals surface area contributed by atoms with E-state index in [0.717, 1.165) is 10.5 Å². The first kappa shape index (κ1) is 16.7. The fraction of sp³-hybridized carbons (Fsp3) is 0.389. The van der Waals surface area contributed by atoms with E-state index in [1.807, 2.05) is 19.1 Å². The zero-order valence-corrected chi connectivity index (χ0v) is 14.3. The Bertz CT molecular complexity index is 726. The maximum Gasteiger partial charge on any atom is 0.247 e. The molecule has 0 aromatic heterocycles. The smallest absolute Gasteiger partial charge is 0.247 e. The van der Waals surface area contributed by atoms with Gasteiger partial charge in [-0.2, -0.15) is 0 Å². The van der Waals surface area contributed by atoms with Gasteiger partial charge in [-0.05, 0) is 38.8 Å². The number of benzene rings is 1. The average Bonchev–Trinajstić information content (AvgIpc) is 2.79. The Morgan fingerprint density at radius 2 is 1.83 bits per heavy atom. The van der Waals surface area contributed by atoms with Gasteiger partial charge >= 0.3 is 0 Å². The summed E-state index contributed by atoms with van der Waals surface area (Å²) in [7, 11) is 0. The van der Waals surface area contributed by atoms with E-state index in [-0.39, 0.29) is 17.7 Å². The minimum absolute atomic E-state index is 0.281. The quantitative estimate of drug-likeness (QED) is 0.856. The number of likely N-dealkylation sites (tertiary alicyclic amines) is 1. The summed E-state index contributed by atoms with van der Waals surface area (Å²) in [5, 5.41) is 3.36. The molecule has 1 fully saturated rings. The van der Waals surface area contributed by atoms with Crippen molar-refractivity contribution in [3.8, 4) is 0 Å². The highest BCUT2D eigenvalue weighted by atomic mass is 35.5. The van der Waals surface area contributed by atoms with Gasteiger partial charge in [0.1, 0.15) is 6.04 Å². The van der Waals surface area contributed by atoms with Crippen LogP contribution in [-0.4, -0.2) is 28.7 Å². The van der Waals surface area contributed by atoms with Crippen LogP contribution >= 0.6 is 11.6 Å². The zero-order chi connectivity index (χ0) is 17.4. The van der Waals surface area contributed by atoms with E-state index < -0.39 is 17.9 Å². The highest BCUT2D eigenvalue weighted by Gasteiger charge is 2.51. The molecule has 3 atom stereocenters. The molecule has 1 aromatic rings. The predicted octanol–water partition coefficient (Wildman–Crippen LogP) is 2.84. The Morgan fingerprint density at radius 3 is 2.50 bits per heavy atom. The molecule has 1 heterocycles. The number of carbonyl (C=O) groups is 3. The number of fused-ring (bicyclic) bond motifs is 1. The van der Waals surface area contributed by atoms with Gasteiger partial charge in [0, 0.05) is 10.7 Å². The monoisotopic (exact) mass is 346 g/mol. The third-order valence-electron chi connectivity index (χ3n) is 4.69. The number of imide groups is 1. The molecule has 1 aromatic carbocycles. The molecule has 24 heavy (non-hydrogen) atoms. The first-order valence-corrected chi connectivity index (χ1v) is 8.35. The molecular formula is C18H19ClN2O3. The summed E-state index contributed by atoms with van der Waals surface area (Å²) >= 11 is 6.01. The standard InChI is InChI=1S/C18H19ClN2O3/c1-10-3-6-13(7-4-10)20-16(22)11(2)21-17(23)14-8-5-12(19)9-15(14)18(21)24/h3-7,11,14-15H,8-9H2,1-2H3,(H,20,22)/t11-,14-,15+/m1/s1. The third-order valence-corrected chi connectivity index (χ3v) is 5.00. The van der Waals surface area contributed by atoms with Gasteiger partial charge in [-0.15, -0.1) is 0 Å².